The van der Waals surface area contributed by atoms with Crippen molar-refractivity contribution in [3.8, 4) is 5.75 Å². The van der Waals surface area contributed by atoms with Crippen LogP contribution in [0.5, 0.6) is 5.75 Å². The molecule has 1 aliphatic heterocycles. The molecule has 1 amide bonds. The topological polar surface area (TPSA) is 61.4 Å². The van der Waals surface area contributed by atoms with E-state index < -0.39 is 0 Å². The number of nitrogens with one attached hydrogen (secondary N) is 2. The van der Waals surface area contributed by atoms with E-state index in [1.807, 2.05) is 19.1 Å². The van der Waals surface area contributed by atoms with Gasteiger partial charge < -0.3 is 5.11 Å². The van der Waals surface area contributed by atoms with Crippen LogP contribution in [0.4, 0.5) is 0 Å². The number of rotatable bonds is 1. The number of hydrazine groups is 1. The Hall–Kier alpha value is -1.55. The highest BCUT2D eigenvalue weighted by molar-refractivity contribution is 5.78. The van der Waals surface area contributed by atoms with Gasteiger partial charge >= 0.3 is 0 Å². The Labute approximate surface area is 81.9 Å². The van der Waals surface area contributed by atoms with E-state index in [4.69, 9.17) is 0 Å². The molecule has 4 heteroatoms. The Bertz CT molecular complexity index is 376. The second-order valence-electron chi connectivity index (χ2n) is 3.51. The van der Waals surface area contributed by atoms with Gasteiger partial charge in [-0.05, 0) is 13.0 Å². The molecule has 3 N–H and O–H groups in total. The monoisotopic (exact) mass is 192 g/mol. The minimum Gasteiger partial charge on any atom is -0.508 e. The van der Waals surface area contributed by atoms with Crippen LogP contribution in [-0.2, 0) is 4.79 Å². The summed E-state index contributed by atoms with van der Waals surface area (Å²) in [5.74, 6) is 0.181. The SMILES string of the molecule is Cc1ccc(O)c(C2CC(=O)NN2)c1. The molecule has 0 radical (unpaired) electrons. The number of benzene rings is 1. The molecule has 14 heavy (non-hydrogen) atoms. The van der Waals surface area contributed by atoms with Crippen molar-refractivity contribution in [1.29, 1.82) is 0 Å². The number of hydrogen-bond donors (Lipinski definition) is 3. The van der Waals surface area contributed by atoms with Crippen molar-refractivity contribution in [1.82, 2.24) is 10.9 Å². The van der Waals surface area contributed by atoms with E-state index >= 15 is 0 Å². The normalized spacial score (nSPS) is 20.9. The summed E-state index contributed by atoms with van der Waals surface area (Å²) < 4.78 is 0. The molecule has 2 rings (SSSR count). The Balaban J connectivity index is 2.31. The fourth-order valence-electron chi connectivity index (χ4n) is 1.60. The van der Waals surface area contributed by atoms with E-state index in [0.717, 1.165) is 11.1 Å². The molecular weight excluding hydrogens is 180 g/mol. The Kier molecular flexibility index (Phi) is 2.13. The van der Waals surface area contributed by atoms with E-state index in [0.29, 0.717) is 6.42 Å². The number of phenols is 1. The van der Waals surface area contributed by atoms with Gasteiger partial charge in [-0.2, -0.15) is 0 Å². The van der Waals surface area contributed by atoms with Gasteiger partial charge in [0.25, 0.3) is 0 Å². The first-order valence-electron chi connectivity index (χ1n) is 4.50. The summed E-state index contributed by atoms with van der Waals surface area (Å²) in [5, 5.41) is 9.60. The molecule has 1 aliphatic rings. The standard InChI is InChI=1S/C10H12N2O2/c1-6-2-3-9(13)7(4-6)8-5-10(14)12-11-8/h2-4,8,11,13H,5H2,1H3,(H,12,14). The molecule has 1 aromatic carbocycles. The Morgan fingerprint density at radius 1 is 1.50 bits per heavy atom. The lowest BCUT2D eigenvalue weighted by atomic mass is 10.0. The average Bonchev–Trinajstić information content (AvgIpc) is 2.56. The fourth-order valence-corrected chi connectivity index (χ4v) is 1.60. The van der Waals surface area contributed by atoms with E-state index in [9.17, 15) is 9.90 Å². The number of phenolic OH excluding ortho intramolecular Hbond substituents is 1. The number of aromatic hydroxyl groups is 1. The van der Waals surface area contributed by atoms with Crippen molar-refractivity contribution in [3.63, 3.8) is 0 Å². The van der Waals surface area contributed by atoms with E-state index in [-0.39, 0.29) is 17.7 Å². The van der Waals surface area contributed by atoms with Crippen molar-refractivity contribution in [2.75, 3.05) is 0 Å². The van der Waals surface area contributed by atoms with Gasteiger partial charge in [0.05, 0.1) is 6.04 Å². The number of carbonyl (C=O) groups excluding carboxylic acids is 1. The lowest BCUT2D eigenvalue weighted by Crippen LogP contribution is -2.27. The number of hydrogen-bond acceptors (Lipinski definition) is 3. The number of amides is 1. The summed E-state index contributed by atoms with van der Waals surface area (Å²) in [6.45, 7) is 1.95. The van der Waals surface area contributed by atoms with Gasteiger partial charge in [0.2, 0.25) is 5.91 Å². The predicted molar refractivity (Wildman–Crippen MR) is 51.5 cm³/mol. The van der Waals surface area contributed by atoms with Gasteiger partial charge in [0, 0.05) is 12.0 Å². The highest BCUT2D eigenvalue weighted by Crippen LogP contribution is 2.28. The maximum Gasteiger partial charge on any atom is 0.236 e. The summed E-state index contributed by atoms with van der Waals surface area (Å²) in [7, 11) is 0. The second-order valence-corrected chi connectivity index (χ2v) is 3.51. The third kappa shape index (κ3) is 1.56. The van der Waals surface area contributed by atoms with Crippen LogP contribution in [-0.4, -0.2) is 11.0 Å². The van der Waals surface area contributed by atoms with Crippen LogP contribution in [0.1, 0.15) is 23.6 Å². The smallest absolute Gasteiger partial charge is 0.236 e. The highest BCUT2D eigenvalue weighted by Gasteiger charge is 2.24. The molecule has 0 aliphatic carbocycles. The predicted octanol–water partition coefficient (Wildman–Crippen LogP) is 0.766. The minimum absolute atomic E-state index is 0.0455. The summed E-state index contributed by atoms with van der Waals surface area (Å²) in [4.78, 5) is 11.0. The van der Waals surface area contributed by atoms with Gasteiger partial charge in [-0.15, -0.1) is 0 Å². The minimum atomic E-state index is -0.123. The molecule has 1 atom stereocenters. The van der Waals surface area contributed by atoms with Crippen molar-refractivity contribution in [2.24, 2.45) is 0 Å². The zero-order valence-corrected chi connectivity index (χ0v) is 7.87. The number of carbonyl (C=O) groups is 1. The first-order chi connectivity index (χ1) is 6.66. The summed E-state index contributed by atoms with van der Waals surface area (Å²) in [6, 6.07) is 5.24. The quantitative estimate of drug-likeness (QED) is 0.615. The molecule has 74 valence electrons. The molecule has 1 saturated heterocycles. The third-order valence-electron chi connectivity index (χ3n) is 2.33. The first-order valence-corrected chi connectivity index (χ1v) is 4.50. The van der Waals surface area contributed by atoms with Crippen LogP contribution in [0.15, 0.2) is 18.2 Å². The maximum absolute atomic E-state index is 11.0. The molecule has 0 spiro atoms. The average molecular weight is 192 g/mol. The first kappa shape index (κ1) is 9.02. The van der Waals surface area contributed by atoms with Crippen molar-refractivity contribution >= 4 is 5.91 Å². The van der Waals surface area contributed by atoms with Gasteiger partial charge in [-0.3, -0.25) is 10.2 Å². The zero-order chi connectivity index (χ0) is 10.1. The van der Waals surface area contributed by atoms with Crippen LogP contribution in [0.2, 0.25) is 0 Å². The third-order valence-corrected chi connectivity index (χ3v) is 2.33. The maximum atomic E-state index is 11.0. The lowest BCUT2D eigenvalue weighted by Gasteiger charge is -2.11. The van der Waals surface area contributed by atoms with Crippen molar-refractivity contribution < 1.29 is 9.90 Å². The fraction of sp³-hybridized carbons (Fsp3) is 0.300. The molecule has 4 nitrogen and oxygen atoms in total. The molecule has 1 heterocycles. The summed E-state index contributed by atoms with van der Waals surface area (Å²) in [5.41, 5.74) is 7.18. The van der Waals surface area contributed by atoms with Crippen LogP contribution >= 0.6 is 0 Å². The van der Waals surface area contributed by atoms with Gasteiger partial charge in [0.15, 0.2) is 0 Å². The molecular formula is C10H12N2O2. The zero-order valence-electron chi connectivity index (χ0n) is 7.87. The van der Waals surface area contributed by atoms with Gasteiger partial charge in [-0.25, -0.2) is 5.43 Å². The van der Waals surface area contributed by atoms with Crippen LogP contribution in [0.3, 0.4) is 0 Å². The second kappa shape index (κ2) is 3.31. The van der Waals surface area contributed by atoms with Crippen molar-refractivity contribution in [3.05, 3.63) is 29.3 Å². The Morgan fingerprint density at radius 3 is 2.93 bits per heavy atom. The van der Waals surface area contributed by atoms with Gasteiger partial charge in [0.1, 0.15) is 5.75 Å². The lowest BCUT2D eigenvalue weighted by molar-refractivity contribution is -0.119. The molecule has 1 fully saturated rings. The molecule has 1 unspecified atom stereocenters. The van der Waals surface area contributed by atoms with E-state index in [1.165, 1.54) is 0 Å². The number of aryl methyl sites for hydroxylation is 1. The Morgan fingerprint density at radius 2 is 2.29 bits per heavy atom. The molecule has 0 saturated carbocycles. The molecule has 0 aromatic heterocycles. The van der Waals surface area contributed by atoms with Crippen LogP contribution < -0.4 is 10.9 Å². The highest BCUT2D eigenvalue weighted by atomic mass is 16.3. The van der Waals surface area contributed by atoms with E-state index in [1.54, 1.807) is 6.07 Å². The van der Waals surface area contributed by atoms with Gasteiger partial charge in [-0.1, -0.05) is 17.7 Å². The largest absolute Gasteiger partial charge is 0.508 e. The molecule has 0 bridgehead atoms. The summed E-state index contributed by atoms with van der Waals surface area (Å²) in [6.07, 6.45) is 0.372. The van der Waals surface area contributed by atoms with E-state index in [2.05, 4.69) is 10.9 Å². The summed E-state index contributed by atoms with van der Waals surface area (Å²) >= 11 is 0. The van der Waals surface area contributed by atoms with Crippen LogP contribution in [0, 0.1) is 6.92 Å². The van der Waals surface area contributed by atoms with Crippen LogP contribution in [0.25, 0.3) is 0 Å². The molecule has 1 aromatic rings. The van der Waals surface area contributed by atoms with Crippen molar-refractivity contribution in [2.45, 2.75) is 19.4 Å².